The Hall–Kier alpha value is -1.26. The molecular weight excluding hydrogens is 270 g/mol. The lowest BCUT2D eigenvalue weighted by atomic mass is 9.99. The Bertz CT molecular complexity index is 317. The van der Waals surface area contributed by atoms with Crippen LogP contribution in [0, 0.1) is 5.92 Å². The van der Waals surface area contributed by atoms with Crippen LogP contribution in [0.15, 0.2) is 0 Å². The minimum atomic E-state index is -0.705. The SMILES string of the molecule is CCCC(CCC)COC(=O)[C@H](C)NC(=O)OC(C)(C)C. The second-order valence-electron chi connectivity index (χ2n) is 6.44. The molecule has 0 aliphatic heterocycles. The number of hydrogen-bond donors (Lipinski definition) is 1. The zero-order chi connectivity index (χ0) is 16.5. The third kappa shape index (κ3) is 10.2. The molecule has 0 aliphatic carbocycles. The van der Waals surface area contributed by atoms with Crippen LogP contribution in [0.25, 0.3) is 0 Å². The molecule has 0 aliphatic rings. The average Bonchev–Trinajstić information content (AvgIpc) is 2.33. The van der Waals surface area contributed by atoms with Gasteiger partial charge in [0.2, 0.25) is 0 Å². The molecule has 0 saturated carbocycles. The highest BCUT2D eigenvalue weighted by molar-refractivity contribution is 5.81. The van der Waals surface area contributed by atoms with Gasteiger partial charge in [0.05, 0.1) is 6.61 Å². The lowest BCUT2D eigenvalue weighted by Crippen LogP contribution is -2.42. The van der Waals surface area contributed by atoms with Gasteiger partial charge >= 0.3 is 12.1 Å². The second-order valence-corrected chi connectivity index (χ2v) is 6.44. The topological polar surface area (TPSA) is 64.6 Å². The number of alkyl carbamates (subject to hydrolysis) is 1. The number of esters is 1. The third-order valence-corrected chi connectivity index (χ3v) is 2.94. The largest absolute Gasteiger partial charge is 0.464 e. The summed E-state index contributed by atoms with van der Waals surface area (Å²) in [6.45, 7) is 11.6. The summed E-state index contributed by atoms with van der Waals surface area (Å²) in [6.07, 6.45) is 3.65. The van der Waals surface area contributed by atoms with Crippen molar-refractivity contribution in [2.75, 3.05) is 6.61 Å². The maximum atomic E-state index is 11.9. The van der Waals surface area contributed by atoms with E-state index in [9.17, 15) is 9.59 Å². The number of amides is 1. The van der Waals surface area contributed by atoms with Crippen molar-refractivity contribution in [1.29, 1.82) is 0 Å². The van der Waals surface area contributed by atoms with Crippen LogP contribution in [0.2, 0.25) is 0 Å². The molecule has 5 heteroatoms. The van der Waals surface area contributed by atoms with Crippen LogP contribution in [-0.4, -0.2) is 30.3 Å². The molecule has 21 heavy (non-hydrogen) atoms. The zero-order valence-electron chi connectivity index (χ0n) is 14.3. The highest BCUT2D eigenvalue weighted by Crippen LogP contribution is 2.14. The highest BCUT2D eigenvalue weighted by Gasteiger charge is 2.22. The lowest BCUT2D eigenvalue weighted by molar-refractivity contribution is -0.147. The Morgan fingerprint density at radius 3 is 2.05 bits per heavy atom. The third-order valence-electron chi connectivity index (χ3n) is 2.94. The number of rotatable bonds is 8. The zero-order valence-corrected chi connectivity index (χ0v) is 14.3. The summed E-state index contributed by atoms with van der Waals surface area (Å²) in [4.78, 5) is 23.4. The van der Waals surface area contributed by atoms with E-state index in [1.165, 1.54) is 0 Å². The molecule has 0 aromatic heterocycles. The van der Waals surface area contributed by atoms with E-state index in [4.69, 9.17) is 9.47 Å². The van der Waals surface area contributed by atoms with Gasteiger partial charge in [-0.25, -0.2) is 9.59 Å². The van der Waals surface area contributed by atoms with Gasteiger partial charge in [-0.1, -0.05) is 26.7 Å². The summed E-state index contributed by atoms with van der Waals surface area (Å²) in [6, 6.07) is -0.705. The van der Waals surface area contributed by atoms with Crippen LogP contribution in [0.4, 0.5) is 4.79 Å². The summed E-state index contributed by atoms with van der Waals surface area (Å²) in [5.41, 5.74) is -0.582. The Morgan fingerprint density at radius 2 is 1.62 bits per heavy atom. The van der Waals surface area contributed by atoms with E-state index in [0.717, 1.165) is 25.7 Å². The normalized spacial score (nSPS) is 12.9. The highest BCUT2D eigenvalue weighted by atomic mass is 16.6. The molecule has 1 atom stereocenters. The molecule has 0 heterocycles. The molecule has 5 nitrogen and oxygen atoms in total. The van der Waals surface area contributed by atoms with Gasteiger partial charge in [0.25, 0.3) is 0 Å². The number of carbonyl (C=O) groups excluding carboxylic acids is 2. The maximum absolute atomic E-state index is 11.9. The summed E-state index contributed by atoms with van der Waals surface area (Å²) in [7, 11) is 0. The molecule has 0 bridgehead atoms. The Morgan fingerprint density at radius 1 is 1.10 bits per heavy atom. The van der Waals surface area contributed by atoms with Gasteiger partial charge in [0, 0.05) is 0 Å². The van der Waals surface area contributed by atoms with E-state index in [1.807, 2.05) is 0 Å². The average molecular weight is 301 g/mol. The number of hydrogen-bond acceptors (Lipinski definition) is 4. The van der Waals surface area contributed by atoms with E-state index in [1.54, 1.807) is 27.7 Å². The van der Waals surface area contributed by atoms with Crippen molar-refractivity contribution in [3.63, 3.8) is 0 Å². The smallest absolute Gasteiger partial charge is 0.408 e. The Kier molecular flexibility index (Phi) is 9.06. The summed E-state index contributed by atoms with van der Waals surface area (Å²) in [5.74, 6) is -0.0178. The quantitative estimate of drug-likeness (QED) is 0.695. The van der Waals surface area contributed by atoms with Crippen molar-refractivity contribution in [2.45, 2.75) is 78.9 Å². The van der Waals surface area contributed by atoms with Gasteiger partial charge in [-0.3, -0.25) is 0 Å². The van der Waals surface area contributed by atoms with Gasteiger partial charge in [0.15, 0.2) is 0 Å². The fraction of sp³-hybridized carbons (Fsp3) is 0.875. The first-order valence-corrected chi connectivity index (χ1v) is 7.85. The first kappa shape index (κ1) is 19.7. The summed E-state index contributed by atoms with van der Waals surface area (Å²) in [5, 5.41) is 2.49. The molecule has 1 amide bonds. The molecule has 0 rings (SSSR count). The molecule has 0 unspecified atom stereocenters. The van der Waals surface area contributed by atoms with E-state index in [0.29, 0.717) is 12.5 Å². The minimum Gasteiger partial charge on any atom is -0.464 e. The monoisotopic (exact) mass is 301 g/mol. The van der Waals surface area contributed by atoms with Crippen LogP contribution in [0.5, 0.6) is 0 Å². The van der Waals surface area contributed by atoms with Crippen molar-refractivity contribution in [1.82, 2.24) is 5.32 Å². The Labute approximate surface area is 128 Å². The van der Waals surface area contributed by atoms with Gasteiger partial charge in [-0.2, -0.15) is 0 Å². The molecule has 0 saturated heterocycles. The lowest BCUT2D eigenvalue weighted by Gasteiger charge is -2.22. The molecule has 1 N–H and O–H groups in total. The predicted octanol–water partition coefficient (Wildman–Crippen LogP) is 3.66. The van der Waals surface area contributed by atoms with Crippen molar-refractivity contribution < 1.29 is 19.1 Å². The number of nitrogens with one attached hydrogen (secondary N) is 1. The molecule has 0 radical (unpaired) electrons. The van der Waals surface area contributed by atoms with E-state index < -0.39 is 23.7 Å². The predicted molar refractivity (Wildman–Crippen MR) is 83.1 cm³/mol. The molecule has 0 aromatic rings. The molecule has 0 aromatic carbocycles. The first-order chi connectivity index (χ1) is 9.69. The van der Waals surface area contributed by atoms with Crippen molar-refractivity contribution in [3.8, 4) is 0 Å². The van der Waals surface area contributed by atoms with Crippen LogP contribution in [0.1, 0.15) is 67.2 Å². The van der Waals surface area contributed by atoms with Gasteiger partial charge in [0.1, 0.15) is 11.6 Å². The van der Waals surface area contributed by atoms with Crippen LogP contribution >= 0.6 is 0 Å². The number of ether oxygens (including phenoxy) is 2. The van der Waals surface area contributed by atoms with Crippen molar-refractivity contribution in [2.24, 2.45) is 5.92 Å². The van der Waals surface area contributed by atoms with Gasteiger partial charge < -0.3 is 14.8 Å². The molecular formula is C16H31NO4. The second kappa shape index (κ2) is 9.64. The minimum absolute atomic E-state index is 0.401. The van der Waals surface area contributed by atoms with Gasteiger partial charge in [-0.05, 0) is 46.5 Å². The molecule has 124 valence electrons. The standard InChI is InChI=1S/C16H31NO4/c1-7-9-13(10-8-2)11-20-14(18)12(3)17-15(19)21-16(4,5)6/h12-13H,7-11H2,1-6H3,(H,17,19)/t12-/m0/s1. The summed E-state index contributed by atoms with van der Waals surface area (Å²) < 4.78 is 10.4. The van der Waals surface area contributed by atoms with E-state index in [2.05, 4.69) is 19.2 Å². The maximum Gasteiger partial charge on any atom is 0.408 e. The van der Waals surface area contributed by atoms with Crippen molar-refractivity contribution >= 4 is 12.1 Å². The van der Waals surface area contributed by atoms with E-state index >= 15 is 0 Å². The first-order valence-electron chi connectivity index (χ1n) is 7.85. The molecule has 0 fully saturated rings. The number of carbonyl (C=O) groups is 2. The molecule has 0 spiro atoms. The van der Waals surface area contributed by atoms with Crippen LogP contribution in [0.3, 0.4) is 0 Å². The van der Waals surface area contributed by atoms with Crippen molar-refractivity contribution in [3.05, 3.63) is 0 Å². The summed E-state index contributed by atoms with van der Waals surface area (Å²) >= 11 is 0. The fourth-order valence-corrected chi connectivity index (χ4v) is 2.00. The van der Waals surface area contributed by atoms with Crippen LogP contribution in [-0.2, 0) is 14.3 Å². The van der Waals surface area contributed by atoms with Gasteiger partial charge in [-0.15, -0.1) is 0 Å². The fourth-order valence-electron chi connectivity index (χ4n) is 2.00. The van der Waals surface area contributed by atoms with Crippen LogP contribution < -0.4 is 5.32 Å². The van der Waals surface area contributed by atoms with E-state index in [-0.39, 0.29) is 0 Å². The Balaban J connectivity index is 4.17.